The van der Waals surface area contributed by atoms with Gasteiger partial charge >= 0.3 is 0 Å². The normalized spacial score (nSPS) is 30.0. The van der Waals surface area contributed by atoms with Crippen LogP contribution < -0.4 is 10.6 Å². The molecule has 3 nitrogen and oxygen atoms in total. The molecule has 3 heteroatoms. The Kier molecular flexibility index (Phi) is 2.34. The van der Waals surface area contributed by atoms with E-state index in [0.29, 0.717) is 0 Å². The Labute approximate surface area is 80.2 Å². The molecule has 2 aliphatic rings. The Morgan fingerprint density at radius 1 is 1.23 bits per heavy atom. The fraction of sp³-hybridized carbons (Fsp3) is 1.00. The van der Waals surface area contributed by atoms with Gasteiger partial charge in [-0.3, -0.25) is 5.32 Å². The van der Waals surface area contributed by atoms with Crippen LogP contribution in [-0.2, 0) is 4.74 Å². The molecule has 2 fully saturated rings. The highest BCUT2D eigenvalue weighted by molar-refractivity contribution is 5.00. The minimum atomic E-state index is -0.0413. The molecule has 0 aromatic heterocycles. The van der Waals surface area contributed by atoms with Crippen LogP contribution in [-0.4, -0.2) is 31.0 Å². The van der Waals surface area contributed by atoms with Crippen LogP contribution in [0.1, 0.15) is 33.1 Å². The summed E-state index contributed by atoms with van der Waals surface area (Å²) in [5, 5.41) is 6.81. The van der Waals surface area contributed by atoms with Gasteiger partial charge in [0.05, 0.1) is 5.60 Å². The summed E-state index contributed by atoms with van der Waals surface area (Å²) in [6.45, 7) is 7.57. The molecule has 1 spiro atoms. The average molecular weight is 184 g/mol. The molecule has 2 heterocycles. The van der Waals surface area contributed by atoms with E-state index in [9.17, 15) is 0 Å². The lowest BCUT2D eigenvalue weighted by Crippen LogP contribution is -2.70. The number of hydrogen-bond acceptors (Lipinski definition) is 3. The average Bonchev–Trinajstić information content (AvgIpc) is 2.15. The number of ether oxygens (including phenoxy) is 1. The molecular weight excluding hydrogens is 164 g/mol. The zero-order valence-corrected chi connectivity index (χ0v) is 8.65. The monoisotopic (exact) mass is 184 g/mol. The van der Waals surface area contributed by atoms with Crippen LogP contribution >= 0.6 is 0 Å². The Morgan fingerprint density at radius 2 is 1.92 bits per heavy atom. The summed E-state index contributed by atoms with van der Waals surface area (Å²) >= 11 is 0. The lowest BCUT2D eigenvalue weighted by Gasteiger charge is -2.53. The predicted molar refractivity (Wildman–Crippen MR) is 52.6 cm³/mol. The van der Waals surface area contributed by atoms with Crippen molar-refractivity contribution in [1.82, 2.24) is 10.6 Å². The van der Waals surface area contributed by atoms with Gasteiger partial charge in [0.15, 0.2) is 0 Å². The third-order valence-electron chi connectivity index (χ3n) is 3.48. The molecule has 0 amide bonds. The Morgan fingerprint density at radius 3 is 2.38 bits per heavy atom. The number of nitrogens with one attached hydrogen (secondary N) is 2. The van der Waals surface area contributed by atoms with Gasteiger partial charge in [-0.2, -0.15) is 0 Å². The van der Waals surface area contributed by atoms with Gasteiger partial charge in [0, 0.05) is 19.6 Å². The van der Waals surface area contributed by atoms with Gasteiger partial charge in [-0.05, 0) is 19.3 Å². The molecule has 0 atom stereocenters. The lowest BCUT2D eigenvalue weighted by molar-refractivity contribution is -0.221. The Bertz CT molecular complexity index is 185. The maximum absolute atomic E-state index is 6.22. The first-order valence-electron chi connectivity index (χ1n) is 5.40. The van der Waals surface area contributed by atoms with Gasteiger partial charge in [-0.1, -0.05) is 13.8 Å². The van der Waals surface area contributed by atoms with E-state index in [1.807, 2.05) is 0 Å². The van der Waals surface area contributed by atoms with E-state index < -0.39 is 0 Å². The van der Waals surface area contributed by atoms with Crippen molar-refractivity contribution in [3.63, 3.8) is 0 Å². The summed E-state index contributed by atoms with van der Waals surface area (Å²) in [7, 11) is 0. The van der Waals surface area contributed by atoms with Crippen molar-refractivity contribution in [1.29, 1.82) is 0 Å². The molecule has 0 bridgehead atoms. The molecule has 0 aliphatic carbocycles. The van der Waals surface area contributed by atoms with Gasteiger partial charge < -0.3 is 10.1 Å². The largest absolute Gasteiger partial charge is 0.352 e. The van der Waals surface area contributed by atoms with E-state index in [4.69, 9.17) is 4.74 Å². The highest BCUT2D eigenvalue weighted by Gasteiger charge is 2.47. The Hall–Kier alpha value is -0.120. The zero-order chi connectivity index (χ0) is 9.36. The number of rotatable bonds is 2. The van der Waals surface area contributed by atoms with Crippen LogP contribution in [0.3, 0.4) is 0 Å². The van der Waals surface area contributed by atoms with Crippen molar-refractivity contribution in [2.24, 2.45) is 0 Å². The molecule has 76 valence electrons. The lowest BCUT2D eigenvalue weighted by atomic mass is 9.88. The van der Waals surface area contributed by atoms with Crippen molar-refractivity contribution in [2.45, 2.75) is 44.4 Å². The van der Waals surface area contributed by atoms with E-state index in [2.05, 4.69) is 24.5 Å². The second-order valence-corrected chi connectivity index (χ2v) is 4.27. The topological polar surface area (TPSA) is 33.3 Å². The van der Waals surface area contributed by atoms with Crippen molar-refractivity contribution >= 4 is 0 Å². The zero-order valence-electron chi connectivity index (χ0n) is 8.65. The maximum Gasteiger partial charge on any atom is 0.119 e. The summed E-state index contributed by atoms with van der Waals surface area (Å²) in [4.78, 5) is 0. The fourth-order valence-electron chi connectivity index (χ4n) is 2.32. The van der Waals surface area contributed by atoms with E-state index in [0.717, 1.165) is 38.9 Å². The van der Waals surface area contributed by atoms with Gasteiger partial charge in [-0.15, -0.1) is 0 Å². The molecular formula is C10H20N2O. The predicted octanol–water partition coefficient (Wildman–Crippen LogP) is 0.855. The van der Waals surface area contributed by atoms with Crippen LogP contribution in [0, 0.1) is 0 Å². The highest BCUT2D eigenvalue weighted by Crippen LogP contribution is 2.33. The molecule has 2 aliphatic heterocycles. The van der Waals surface area contributed by atoms with Crippen LogP contribution in [0.5, 0.6) is 0 Å². The van der Waals surface area contributed by atoms with Crippen molar-refractivity contribution in [3.05, 3.63) is 0 Å². The van der Waals surface area contributed by atoms with Crippen LogP contribution in [0.15, 0.2) is 0 Å². The molecule has 2 rings (SSSR count). The summed E-state index contributed by atoms with van der Waals surface area (Å²) in [6.07, 6.45) is 3.28. The second-order valence-electron chi connectivity index (χ2n) is 4.27. The maximum atomic E-state index is 6.22. The van der Waals surface area contributed by atoms with Gasteiger partial charge in [0.25, 0.3) is 0 Å². The minimum Gasteiger partial charge on any atom is -0.352 e. The molecule has 0 saturated carbocycles. The standard InChI is InChI=1S/C10H20N2O/c1-3-10(4-2)12-6-5-9(13-10)7-11-8-9/h11-12H,3-8H2,1-2H3. The van der Waals surface area contributed by atoms with E-state index >= 15 is 0 Å². The van der Waals surface area contributed by atoms with E-state index in [-0.39, 0.29) is 11.3 Å². The van der Waals surface area contributed by atoms with E-state index in [1.54, 1.807) is 0 Å². The third kappa shape index (κ3) is 1.49. The first-order valence-corrected chi connectivity index (χ1v) is 5.40. The minimum absolute atomic E-state index is 0.0413. The summed E-state index contributed by atoms with van der Waals surface area (Å²) < 4.78 is 6.22. The first kappa shape index (κ1) is 9.44. The third-order valence-corrected chi connectivity index (χ3v) is 3.48. The quantitative estimate of drug-likeness (QED) is 0.667. The molecule has 13 heavy (non-hydrogen) atoms. The molecule has 0 aromatic rings. The second kappa shape index (κ2) is 3.23. The van der Waals surface area contributed by atoms with Crippen LogP contribution in [0.4, 0.5) is 0 Å². The summed E-state index contributed by atoms with van der Waals surface area (Å²) in [5.41, 5.74) is 0.123. The summed E-state index contributed by atoms with van der Waals surface area (Å²) in [5.74, 6) is 0. The first-order chi connectivity index (χ1) is 6.24. The highest BCUT2D eigenvalue weighted by atomic mass is 16.5. The van der Waals surface area contributed by atoms with Crippen molar-refractivity contribution in [3.8, 4) is 0 Å². The molecule has 2 N–H and O–H groups in total. The summed E-state index contributed by atoms with van der Waals surface area (Å²) in [6, 6.07) is 0. The SMILES string of the molecule is CCC1(CC)NCCC2(CNC2)O1. The van der Waals surface area contributed by atoms with Gasteiger partial charge in [-0.25, -0.2) is 0 Å². The smallest absolute Gasteiger partial charge is 0.119 e. The van der Waals surface area contributed by atoms with Crippen LogP contribution in [0.25, 0.3) is 0 Å². The Balaban J connectivity index is 2.05. The van der Waals surface area contributed by atoms with Gasteiger partial charge in [0.2, 0.25) is 0 Å². The van der Waals surface area contributed by atoms with Crippen molar-refractivity contribution < 1.29 is 4.74 Å². The van der Waals surface area contributed by atoms with Gasteiger partial charge in [0.1, 0.15) is 5.72 Å². The fourth-order valence-corrected chi connectivity index (χ4v) is 2.32. The molecule has 0 radical (unpaired) electrons. The van der Waals surface area contributed by atoms with Crippen molar-refractivity contribution in [2.75, 3.05) is 19.6 Å². The van der Waals surface area contributed by atoms with Crippen LogP contribution in [0.2, 0.25) is 0 Å². The molecule has 0 unspecified atom stereocenters. The van der Waals surface area contributed by atoms with E-state index in [1.165, 1.54) is 0 Å². The molecule has 0 aromatic carbocycles. The molecule has 2 saturated heterocycles. The number of hydrogen-bond donors (Lipinski definition) is 2.